The lowest BCUT2D eigenvalue weighted by Gasteiger charge is -2.20. The first-order chi connectivity index (χ1) is 10.2. The smallest absolute Gasteiger partial charge is 0.114 e. The van der Waals surface area contributed by atoms with Crippen LogP contribution < -0.4 is 0 Å². The van der Waals surface area contributed by atoms with E-state index in [0.29, 0.717) is 6.61 Å². The van der Waals surface area contributed by atoms with Crippen LogP contribution in [0, 0.1) is 0 Å². The Kier molecular flexibility index (Phi) is 10.2. The van der Waals surface area contributed by atoms with E-state index in [-0.39, 0.29) is 13.2 Å². The SMILES string of the molecule is CCCCCCCCCCOCC(O)[C@H]1OCC(O)[C@H]1O. The summed E-state index contributed by atoms with van der Waals surface area (Å²) in [5, 5.41) is 28.8. The van der Waals surface area contributed by atoms with Crippen molar-refractivity contribution in [1.82, 2.24) is 0 Å². The molecular weight excluding hydrogens is 272 g/mol. The Hall–Kier alpha value is -0.200. The molecular formula is C16H32O5. The molecule has 0 bridgehead atoms. The third-order valence-corrected chi connectivity index (χ3v) is 4.00. The van der Waals surface area contributed by atoms with Gasteiger partial charge < -0.3 is 24.8 Å². The van der Waals surface area contributed by atoms with Crippen LogP contribution >= 0.6 is 0 Å². The zero-order chi connectivity index (χ0) is 15.5. The fraction of sp³-hybridized carbons (Fsp3) is 1.00. The lowest BCUT2D eigenvalue weighted by molar-refractivity contribution is -0.0813. The second-order valence-electron chi connectivity index (χ2n) is 5.97. The molecule has 126 valence electrons. The van der Waals surface area contributed by atoms with Crippen LogP contribution in [0.5, 0.6) is 0 Å². The topological polar surface area (TPSA) is 79.2 Å². The molecule has 1 aliphatic heterocycles. The predicted molar refractivity (Wildman–Crippen MR) is 81.2 cm³/mol. The fourth-order valence-corrected chi connectivity index (χ4v) is 2.60. The summed E-state index contributed by atoms with van der Waals surface area (Å²) >= 11 is 0. The molecule has 5 nitrogen and oxygen atoms in total. The van der Waals surface area contributed by atoms with E-state index in [1.165, 1.54) is 38.5 Å². The Labute approximate surface area is 128 Å². The molecule has 1 rings (SSSR count). The second kappa shape index (κ2) is 11.4. The standard InChI is InChI=1S/C16H32O5/c1-2-3-4-5-6-7-8-9-10-20-11-14(18)16-15(19)13(17)12-21-16/h13-19H,2-12H2,1H3/t13?,14?,15-,16-/m1/s1. The number of unbranched alkanes of at least 4 members (excludes halogenated alkanes) is 7. The molecule has 1 heterocycles. The first kappa shape index (κ1) is 18.8. The van der Waals surface area contributed by atoms with Crippen molar-refractivity contribution in [2.24, 2.45) is 0 Å². The predicted octanol–water partition coefficient (Wildman–Crippen LogP) is 1.63. The molecule has 0 aliphatic carbocycles. The molecule has 0 saturated carbocycles. The largest absolute Gasteiger partial charge is 0.388 e. The third kappa shape index (κ3) is 7.56. The molecule has 0 aromatic rings. The van der Waals surface area contributed by atoms with Crippen molar-refractivity contribution in [3.63, 3.8) is 0 Å². The molecule has 0 amide bonds. The Morgan fingerprint density at radius 1 is 1.05 bits per heavy atom. The van der Waals surface area contributed by atoms with Crippen molar-refractivity contribution < 1.29 is 24.8 Å². The molecule has 21 heavy (non-hydrogen) atoms. The number of rotatable bonds is 12. The molecule has 0 radical (unpaired) electrons. The van der Waals surface area contributed by atoms with E-state index in [2.05, 4.69) is 6.92 Å². The Balaban J connectivity index is 1.90. The second-order valence-corrected chi connectivity index (χ2v) is 5.97. The Morgan fingerprint density at radius 2 is 1.67 bits per heavy atom. The minimum Gasteiger partial charge on any atom is -0.388 e. The molecule has 1 fully saturated rings. The van der Waals surface area contributed by atoms with Crippen molar-refractivity contribution in [2.45, 2.75) is 82.7 Å². The summed E-state index contributed by atoms with van der Waals surface area (Å²) in [5.74, 6) is 0. The minimum absolute atomic E-state index is 0.0704. The minimum atomic E-state index is -1.02. The maximum absolute atomic E-state index is 9.84. The van der Waals surface area contributed by atoms with Crippen LogP contribution in [0.25, 0.3) is 0 Å². The van der Waals surface area contributed by atoms with Gasteiger partial charge in [0.2, 0.25) is 0 Å². The summed E-state index contributed by atoms with van der Waals surface area (Å²) < 4.78 is 10.6. The Bertz CT molecular complexity index is 249. The van der Waals surface area contributed by atoms with E-state index >= 15 is 0 Å². The van der Waals surface area contributed by atoms with Gasteiger partial charge in [0.1, 0.15) is 24.4 Å². The van der Waals surface area contributed by atoms with Gasteiger partial charge in [0.15, 0.2) is 0 Å². The molecule has 0 aromatic heterocycles. The highest BCUT2D eigenvalue weighted by molar-refractivity contribution is 4.87. The van der Waals surface area contributed by atoms with Crippen LogP contribution in [0.3, 0.4) is 0 Å². The summed E-state index contributed by atoms with van der Waals surface area (Å²) in [6, 6.07) is 0. The highest BCUT2D eigenvalue weighted by Gasteiger charge is 2.39. The van der Waals surface area contributed by atoms with E-state index < -0.39 is 24.4 Å². The van der Waals surface area contributed by atoms with Gasteiger partial charge in [-0.2, -0.15) is 0 Å². The molecule has 4 atom stereocenters. The summed E-state index contributed by atoms with van der Waals surface area (Å²) in [6.07, 6.45) is 6.43. The van der Waals surface area contributed by atoms with Gasteiger partial charge in [-0.3, -0.25) is 0 Å². The molecule has 0 aromatic carbocycles. The molecule has 2 unspecified atom stereocenters. The van der Waals surface area contributed by atoms with Gasteiger partial charge >= 0.3 is 0 Å². The first-order valence-electron chi connectivity index (χ1n) is 8.40. The van der Waals surface area contributed by atoms with E-state index in [1.54, 1.807) is 0 Å². The van der Waals surface area contributed by atoms with E-state index in [0.717, 1.165) is 12.8 Å². The van der Waals surface area contributed by atoms with E-state index in [9.17, 15) is 15.3 Å². The van der Waals surface area contributed by atoms with Gasteiger partial charge in [0, 0.05) is 6.61 Å². The van der Waals surface area contributed by atoms with E-state index in [1.807, 2.05) is 0 Å². The van der Waals surface area contributed by atoms with Gasteiger partial charge in [-0.25, -0.2) is 0 Å². The number of hydrogen-bond donors (Lipinski definition) is 3. The maximum Gasteiger partial charge on any atom is 0.114 e. The van der Waals surface area contributed by atoms with Gasteiger partial charge in [-0.1, -0.05) is 51.9 Å². The molecule has 3 N–H and O–H groups in total. The molecule has 1 aliphatic rings. The maximum atomic E-state index is 9.84. The van der Waals surface area contributed by atoms with Gasteiger partial charge in [-0.15, -0.1) is 0 Å². The van der Waals surface area contributed by atoms with Crippen LogP contribution in [0.15, 0.2) is 0 Å². The van der Waals surface area contributed by atoms with Crippen molar-refractivity contribution in [2.75, 3.05) is 19.8 Å². The van der Waals surface area contributed by atoms with Crippen LogP contribution in [0.1, 0.15) is 58.3 Å². The number of aliphatic hydroxyl groups is 3. The molecule has 0 spiro atoms. The lowest BCUT2D eigenvalue weighted by Crippen LogP contribution is -2.40. The third-order valence-electron chi connectivity index (χ3n) is 4.00. The van der Waals surface area contributed by atoms with Crippen molar-refractivity contribution >= 4 is 0 Å². The summed E-state index contributed by atoms with van der Waals surface area (Å²) in [4.78, 5) is 0. The Morgan fingerprint density at radius 3 is 2.24 bits per heavy atom. The van der Waals surface area contributed by atoms with Crippen molar-refractivity contribution in [3.05, 3.63) is 0 Å². The number of aliphatic hydroxyl groups excluding tert-OH is 3. The number of ether oxygens (including phenoxy) is 2. The average molecular weight is 304 g/mol. The van der Waals surface area contributed by atoms with Gasteiger partial charge in [0.25, 0.3) is 0 Å². The zero-order valence-corrected chi connectivity index (χ0v) is 13.2. The van der Waals surface area contributed by atoms with E-state index in [4.69, 9.17) is 9.47 Å². The fourth-order valence-electron chi connectivity index (χ4n) is 2.60. The van der Waals surface area contributed by atoms with Crippen molar-refractivity contribution in [3.8, 4) is 0 Å². The normalized spacial score (nSPS) is 27.1. The highest BCUT2D eigenvalue weighted by atomic mass is 16.5. The molecule has 1 saturated heterocycles. The van der Waals surface area contributed by atoms with Crippen LogP contribution in [0.2, 0.25) is 0 Å². The monoisotopic (exact) mass is 304 g/mol. The highest BCUT2D eigenvalue weighted by Crippen LogP contribution is 2.18. The quantitative estimate of drug-likeness (QED) is 0.478. The van der Waals surface area contributed by atoms with Crippen molar-refractivity contribution in [1.29, 1.82) is 0 Å². The van der Waals surface area contributed by atoms with Crippen LogP contribution in [-0.4, -0.2) is 59.6 Å². The van der Waals surface area contributed by atoms with Gasteiger partial charge in [0.05, 0.1) is 13.2 Å². The van der Waals surface area contributed by atoms with Gasteiger partial charge in [-0.05, 0) is 6.42 Å². The summed E-state index contributed by atoms with van der Waals surface area (Å²) in [7, 11) is 0. The summed E-state index contributed by atoms with van der Waals surface area (Å²) in [5.41, 5.74) is 0. The van der Waals surface area contributed by atoms with Crippen LogP contribution in [-0.2, 0) is 9.47 Å². The number of hydrogen-bond acceptors (Lipinski definition) is 5. The molecule has 5 heteroatoms. The summed E-state index contributed by atoms with van der Waals surface area (Å²) in [6.45, 7) is 3.06. The first-order valence-corrected chi connectivity index (χ1v) is 8.40. The average Bonchev–Trinajstić information content (AvgIpc) is 2.81. The zero-order valence-electron chi connectivity index (χ0n) is 13.2. The van der Waals surface area contributed by atoms with Crippen LogP contribution in [0.4, 0.5) is 0 Å². The lowest BCUT2D eigenvalue weighted by atomic mass is 10.1.